The number of para-hydroxylation sites is 4. The van der Waals surface area contributed by atoms with Crippen LogP contribution in [0.3, 0.4) is 0 Å². The molecule has 1 aliphatic rings. The zero-order chi connectivity index (χ0) is 46.7. The first-order valence-corrected chi connectivity index (χ1v) is 25.0. The summed E-state index contributed by atoms with van der Waals surface area (Å²) in [4.78, 5) is 4.84. The summed E-state index contributed by atoms with van der Waals surface area (Å²) in [7, 11) is 0. The third-order valence-electron chi connectivity index (χ3n) is 14.9. The highest BCUT2D eigenvalue weighted by Crippen LogP contribution is 2.53. The SMILES string of the molecule is Cc1cccc2c3cc(N(c4ccc5c(c4)C(C)(C)c4ccccc4-5)c4ccccc4-c4ccccc4)ccc3c3sc4cc(N(c5ccccc5)c5cccc6c5oc5ccccc56)ccc4c3c12. The third-order valence-corrected chi connectivity index (χ3v) is 16.1. The molecular weight excluding hydrogens is 869 g/mol. The number of hydrogen-bond acceptors (Lipinski definition) is 4. The average molecular weight is 915 g/mol. The predicted molar refractivity (Wildman–Crippen MR) is 299 cm³/mol. The Morgan fingerprint density at radius 2 is 1.01 bits per heavy atom. The van der Waals surface area contributed by atoms with E-state index >= 15 is 0 Å². The molecule has 0 fully saturated rings. The smallest absolute Gasteiger partial charge is 0.159 e. The molecule has 0 amide bonds. The Balaban J connectivity index is 0.986. The first-order valence-electron chi connectivity index (χ1n) is 24.2. The van der Waals surface area contributed by atoms with Gasteiger partial charge in [0.2, 0.25) is 0 Å². The van der Waals surface area contributed by atoms with Crippen molar-refractivity contribution in [3.05, 3.63) is 241 Å². The van der Waals surface area contributed by atoms with Gasteiger partial charge in [0.1, 0.15) is 5.58 Å². The van der Waals surface area contributed by atoms with Gasteiger partial charge in [0.25, 0.3) is 0 Å². The van der Waals surface area contributed by atoms with E-state index in [9.17, 15) is 0 Å². The number of furan rings is 1. The molecule has 11 aromatic carbocycles. The monoisotopic (exact) mass is 914 g/mol. The van der Waals surface area contributed by atoms with Crippen molar-refractivity contribution in [3.8, 4) is 22.3 Å². The number of benzene rings is 11. The van der Waals surface area contributed by atoms with Crippen LogP contribution in [0.2, 0.25) is 0 Å². The Kier molecular flexibility index (Phi) is 9.02. The molecule has 0 saturated carbocycles. The Morgan fingerprint density at radius 3 is 1.87 bits per heavy atom. The molecule has 70 heavy (non-hydrogen) atoms. The summed E-state index contributed by atoms with van der Waals surface area (Å²) < 4.78 is 9.21. The first kappa shape index (κ1) is 40.6. The van der Waals surface area contributed by atoms with Crippen molar-refractivity contribution in [2.45, 2.75) is 26.2 Å². The van der Waals surface area contributed by atoms with Gasteiger partial charge in [0.05, 0.1) is 11.4 Å². The fourth-order valence-electron chi connectivity index (χ4n) is 11.7. The highest BCUT2D eigenvalue weighted by Gasteiger charge is 2.36. The molecule has 0 N–H and O–H groups in total. The lowest BCUT2D eigenvalue weighted by Gasteiger charge is -2.30. The highest BCUT2D eigenvalue weighted by molar-refractivity contribution is 7.27. The van der Waals surface area contributed by atoms with Crippen LogP contribution >= 0.6 is 11.3 Å². The van der Waals surface area contributed by atoms with E-state index in [0.717, 1.165) is 56.1 Å². The Hall–Kier alpha value is -8.44. The second kappa shape index (κ2) is 15.5. The lowest BCUT2D eigenvalue weighted by atomic mass is 9.82. The molecule has 332 valence electrons. The Bertz CT molecular complexity index is 4240. The zero-order valence-electron chi connectivity index (χ0n) is 39.1. The molecule has 2 aromatic heterocycles. The topological polar surface area (TPSA) is 19.6 Å². The van der Waals surface area contributed by atoms with Crippen LogP contribution < -0.4 is 9.80 Å². The molecule has 3 nitrogen and oxygen atoms in total. The van der Waals surface area contributed by atoms with Gasteiger partial charge >= 0.3 is 0 Å². The van der Waals surface area contributed by atoms with Crippen molar-refractivity contribution >= 4 is 109 Å². The number of anilines is 6. The summed E-state index contributed by atoms with van der Waals surface area (Å²) in [6.07, 6.45) is 0. The lowest BCUT2D eigenvalue weighted by Crippen LogP contribution is -2.16. The summed E-state index contributed by atoms with van der Waals surface area (Å²) in [6.45, 7) is 7.01. The third kappa shape index (κ3) is 6.06. The maximum Gasteiger partial charge on any atom is 0.159 e. The van der Waals surface area contributed by atoms with E-state index in [1.165, 1.54) is 80.7 Å². The molecule has 14 rings (SSSR count). The van der Waals surface area contributed by atoms with Crippen LogP contribution in [0, 0.1) is 6.92 Å². The lowest BCUT2D eigenvalue weighted by molar-refractivity contribution is 0.660. The van der Waals surface area contributed by atoms with Gasteiger partial charge in [-0.1, -0.05) is 172 Å². The molecule has 0 aliphatic heterocycles. The van der Waals surface area contributed by atoms with Gasteiger partial charge in [-0.2, -0.15) is 0 Å². The van der Waals surface area contributed by atoms with E-state index in [0.29, 0.717) is 0 Å². The number of thiophene rings is 1. The van der Waals surface area contributed by atoms with Gasteiger partial charge in [0.15, 0.2) is 5.58 Å². The molecule has 1 aliphatic carbocycles. The van der Waals surface area contributed by atoms with E-state index in [1.54, 1.807) is 0 Å². The van der Waals surface area contributed by atoms with Gasteiger partial charge in [-0.15, -0.1) is 11.3 Å². The van der Waals surface area contributed by atoms with Gasteiger partial charge in [-0.25, -0.2) is 0 Å². The molecule has 4 heteroatoms. The molecule has 0 radical (unpaired) electrons. The average Bonchev–Trinajstić information content (AvgIpc) is 4.05. The van der Waals surface area contributed by atoms with E-state index in [-0.39, 0.29) is 5.41 Å². The second-order valence-corrected chi connectivity index (χ2v) is 20.3. The quantitative estimate of drug-likeness (QED) is 0.149. The molecule has 2 heterocycles. The van der Waals surface area contributed by atoms with Crippen molar-refractivity contribution in [2.24, 2.45) is 0 Å². The summed E-state index contributed by atoms with van der Waals surface area (Å²) in [5.41, 5.74) is 17.2. The van der Waals surface area contributed by atoms with Gasteiger partial charge < -0.3 is 14.2 Å². The van der Waals surface area contributed by atoms with Crippen molar-refractivity contribution in [2.75, 3.05) is 9.80 Å². The van der Waals surface area contributed by atoms with Crippen LogP contribution in [0.5, 0.6) is 0 Å². The molecule has 0 atom stereocenters. The Labute approximate surface area is 410 Å². The molecular formula is C66H46N2OS. The van der Waals surface area contributed by atoms with Crippen LogP contribution in [0.4, 0.5) is 34.1 Å². The fourth-order valence-corrected chi connectivity index (χ4v) is 13.0. The zero-order valence-corrected chi connectivity index (χ0v) is 39.9. The van der Waals surface area contributed by atoms with Crippen LogP contribution in [-0.4, -0.2) is 0 Å². The highest BCUT2D eigenvalue weighted by atomic mass is 32.1. The second-order valence-electron chi connectivity index (χ2n) is 19.3. The van der Waals surface area contributed by atoms with Crippen LogP contribution in [0.25, 0.3) is 85.9 Å². The van der Waals surface area contributed by atoms with E-state index < -0.39 is 0 Å². The normalized spacial score (nSPS) is 12.9. The van der Waals surface area contributed by atoms with Crippen molar-refractivity contribution in [1.29, 1.82) is 0 Å². The van der Waals surface area contributed by atoms with E-state index in [4.69, 9.17) is 4.42 Å². The van der Waals surface area contributed by atoms with Crippen molar-refractivity contribution < 1.29 is 4.42 Å². The Morgan fingerprint density at radius 1 is 0.400 bits per heavy atom. The largest absolute Gasteiger partial charge is 0.454 e. The number of aryl methyl sites for hydroxylation is 1. The molecule has 0 spiro atoms. The number of nitrogens with zero attached hydrogens (tertiary/aromatic N) is 2. The summed E-state index contributed by atoms with van der Waals surface area (Å²) >= 11 is 1.89. The van der Waals surface area contributed by atoms with Crippen molar-refractivity contribution in [1.82, 2.24) is 0 Å². The molecule has 0 bridgehead atoms. The maximum absolute atomic E-state index is 6.66. The first-order chi connectivity index (χ1) is 34.4. The van der Waals surface area contributed by atoms with Crippen LogP contribution in [0.15, 0.2) is 229 Å². The molecule has 0 saturated heterocycles. The van der Waals surface area contributed by atoms with Crippen LogP contribution in [0.1, 0.15) is 30.5 Å². The summed E-state index contributed by atoms with van der Waals surface area (Å²) in [5, 5.41) is 9.88. The van der Waals surface area contributed by atoms with E-state index in [2.05, 4.69) is 249 Å². The van der Waals surface area contributed by atoms with Gasteiger partial charge in [-0.3, -0.25) is 0 Å². The predicted octanol–water partition coefficient (Wildman–Crippen LogP) is 19.5. The molecule has 0 unspecified atom stereocenters. The summed E-state index contributed by atoms with van der Waals surface area (Å²) in [6, 6.07) is 82.2. The van der Waals surface area contributed by atoms with Gasteiger partial charge in [0, 0.05) is 70.1 Å². The van der Waals surface area contributed by atoms with Crippen LogP contribution in [-0.2, 0) is 5.41 Å². The molecule has 13 aromatic rings. The van der Waals surface area contributed by atoms with Crippen molar-refractivity contribution in [3.63, 3.8) is 0 Å². The summed E-state index contributed by atoms with van der Waals surface area (Å²) in [5.74, 6) is 0. The maximum atomic E-state index is 6.66. The fraction of sp³-hybridized carbons (Fsp3) is 0.0606. The minimum absolute atomic E-state index is 0.144. The van der Waals surface area contributed by atoms with E-state index in [1.807, 2.05) is 17.4 Å². The minimum Gasteiger partial charge on any atom is -0.454 e. The number of fused-ring (bicyclic) bond motifs is 14. The number of rotatable bonds is 7. The standard InChI is InChI=1S/C66H46N2OS/c1-41-18-16-26-51-55-38-44(68(58-29-14-11-23-47(58)42-19-6-4-7-20-42)45-32-35-49-48-24-10-13-28-56(48)66(2,3)57(49)39-45)33-36-53(55)65-63(62(41)51)54-37-34-46(40-61(54)70-65)67(43-21-8-5-9-22-43)59-30-17-27-52-50-25-12-15-31-60(50)69-64(52)59/h4-40H,1-3H3. The minimum atomic E-state index is -0.144. The van der Waals surface area contributed by atoms with Gasteiger partial charge in [-0.05, 0) is 123 Å². The number of hydrogen-bond donors (Lipinski definition) is 0.